The number of aryl methyl sites for hydroxylation is 1. The lowest BCUT2D eigenvalue weighted by Gasteiger charge is -2.27. The summed E-state index contributed by atoms with van der Waals surface area (Å²) in [5.41, 5.74) is 10.8. The molecule has 5 rings (SSSR count). The second kappa shape index (κ2) is 9.19. The SMILES string of the molecule is CC=Cc1cc(CN2CC=C(c3ccc(C(N)=O)nc3C3CC3)CC2)c(F)c2[nH]c(=O)c(C)nc12. The van der Waals surface area contributed by atoms with E-state index in [0.717, 1.165) is 42.6 Å². The van der Waals surface area contributed by atoms with Crippen LogP contribution in [0.5, 0.6) is 0 Å². The molecule has 3 heterocycles. The fourth-order valence-electron chi connectivity index (χ4n) is 4.70. The van der Waals surface area contributed by atoms with Gasteiger partial charge in [0.15, 0.2) is 5.82 Å². The van der Waals surface area contributed by atoms with Crippen molar-refractivity contribution in [3.8, 4) is 0 Å². The number of benzene rings is 1. The number of fused-ring (bicyclic) bond motifs is 1. The molecule has 0 spiro atoms. The van der Waals surface area contributed by atoms with Crippen molar-refractivity contribution in [2.45, 2.75) is 45.6 Å². The lowest BCUT2D eigenvalue weighted by molar-refractivity contribution is 0.0995. The van der Waals surface area contributed by atoms with E-state index in [1.165, 1.54) is 5.57 Å². The molecule has 0 unspecified atom stereocenters. The van der Waals surface area contributed by atoms with Crippen LogP contribution < -0.4 is 11.3 Å². The van der Waals surface area contributed by atoms with Gasteiger partial charge in [-0.15, -0.1) is 0 Å². The number of amides is 1. The quantitative estimate of drug-likeness (QED) is 0.562. The van der Waals surface area contributed by atoms with Crippen molar-refractivity contribution in [2.75, 3.05) is 13.1 Å². The van der Waals surface area contributed by atoms with Crippen LogP contribution in [0.3, 0.4) is 0 Å². The maximum absolute atomic E-state index is 15.4. The van der Waals surface area contributed by atoms with Gasteiger partial charge in [0, 0.05) is 36.7 Å². The summed E-state index contributed by atoms with van der Waals surface area (Å²) in [6.45, 7) is 5.35. The molecule has 8 heteroatoms. The highest BCUT2D eigenvalue weighted by Crippen LogP contribution is 2.43. The zero-order valence-corrected chi connectivity index (χ0v) is 19.9. The topological polar surface area (TPSA) is 105 Å². The third kappa shape index (κ3) is 4.53. The van der Waals surface area contributed by atoms with Gasteiger partial charge >= 0.3 is 0 Å². The Balaban J connectivity index is 1.42. The van der Waals surface area contributed by atoms with E-state index in [0.29, 0.717) is 41.5 Å². The zero-order valence-electron chi connectivity index (χ0n) is 19.9. The van der Waals surface area contributed by atoms with Crippen molar-refractivity contribution in [1.29, 1.82) is 0 Å². The summed E-state index contributed by atoms with van der Waals surface area (Å²) in [5, 5.41) is 0. The van der Waals surface area contributed by atoms with E-state index in [4.69, 9.17) is 5.73 Å². The van der Waals surface area contributed by atoms with Crippen molar-refractivity contribution in [2.24, 2.45) is 5.73 Å². The molecule has 0 saturated heterocycles. The van der Waals surface area contributed by atoms with Crippen LogP contribution >= 0.6 is 0 Å². The fraction of sp³-hybridized carbons (Fsp3) is 0.333. The van der Waals surface area contributed by atoms with Gasteiger partial charge in [-0.3, -0.25) is 14.5 Å². The first-order valence-corrected chi connectivity index (χ1v) is 11.9. The van der Waals surface area contributed by atoms with E-state index < -0.39 is 11.7 Å². The molecule has 0 bridgehead atoms. The molecule has 7 nitrogen and oxygen atoms in total. The van der Waals surface area contributed by atoms with Crippen LogP contribution in [-0.4, -0.2) is 38.8 Å². The van der Waals surface area contributed by atoms with Crippen LogP contribution in [0.4, 0.5) is 4.39 Å². The normalized spacial score (nSPS) is 16.7. The Hall–Kier alpha value is -3.65. The highest BCUT2D eigenvalue weighted by molar-refractivity contribution is 5.91. The number of aromatic nitrogens is 3. The maximum atomic E-state index is 15.4. The average molecular weight is 474 g/mol. The summed E-state index contributed by atoms with van der Waals surface area (Å²) in [5.74, 6) is -0.557. The van der Waals surface area contributed by atoms with E-state index in [-0.39, 0.29) is 11.1 Å². The minimum Gasteiger partial charge on any atom is -0.364 e. The Bertz CT molecular complexity index is 1450. The van der Waals surface area contributed by atoms with Gasteiger partial charge in [0.1, 0.15) is 16.9 Å². The lowest BCUT2D eigenvalue weighted by Crippen LogP contribution is -2.29. The van der Waals surface area contributed by atoms with Gasteiger partial charge < -0.3 is 10.7 Å². The van der Waals surface area contributed by atoms with Crippen LogP contribution in [0.25, 0.3) is 22.7 Å². The molecule has 3 N–H and O–H groups in total. The number of nitrogens with zero attached hydrogens (tertiary/aromatic N) is 3. The summed E-state index contributed by atoms with van der Waals surface area (Å²) < 4.78 is 15.4. The lowest BCUT2D eigenvalue weighted by atomic mass is 9.95. The molecular weight excluding hydrogens is 445 g/mol. The standard InChI is InChI=1S/C27H28FN5O2/c1-3-4-18-13-19(22(28)25-24(18)30-15(2)27(35)32-25)14-33-11-9-16(10-12-33)20-7-8-21(26(29)34)31-23(20)17-5-6-17/h3-4,7-9,13,17H,5-6,10-12,14H2,1-2H3,(H2,29,34)(H,32,35). The van der Waals surface area contributed by atoms with Gasteiger partial charge in [0.25, 0.3) is 11.5 Å². The number of halogens is 1. The molecule has 1 aliphatic heterocycles. The Labute approximate surface area is 202 Å². The maximum Gasteiger partial charge on any atom is 0.269 e. The number of allylic oxidation sites excluding steroid dienone is 1. The molecule has 1 aromatic carbocycles. The molecule has 180 valence electrons. The monoisotopic (exact) mass is 473 g/mol. The van der Waals surface area contributed by atoms with Crippen molar-refractivity contribution < 1.29 is 9.18 Å². The molecule has 2 aliphatic rings. The number of rotatable bonds is 6. The first-order valence-electron chi connectivity index (χ1n) is 11.9. The van der Waals surface area contributed by atoms with Crippen LogP contribution in [0.1, 0.15) is 70.7 Å². The number of hydrogen-bond donors (Lipinski definition) is 2. The number of H-pyrrole nitrogens is 1. The second-order valence-corrected chi connectivity index (χ2v) is 9.30. The summed E-state index contributed by atoms with van der Waals surface area (Å²) in [6.07, 6.45) is 8.87. The summed E-state index contributed by atoms with van der Waals surface area (Å²) in [4.78, 5) is 37.4. The molecule has 0 atom stereocenters. The smallest absolute Gasteiger partial charge is 0.269 e. The minimum absolute atomic E-state index is 0.147. The Morgan fingerprint density at radius 1 is 1.31 bits per heavy atom. The van der Waals surface area contributed by atoms with Gasteiger partial charge in [-0.2, -0.15) is 0 Å². The summed E-state index contributed by atoms with van der Waals surface area (Å²) in [6, 6.07) is 5.47. The third-order valence-electron chi connectivity index (χ3n) is 6.71. The Kier molecular flexibility index (Phi) is 6.06. The summed E-state index contributed by atoms with van der Waals surface area (Å²) >= 11 is 0. The number of aromatic amines is 1. The molecule has 1 fully saturated rings. The number of primary amides is 1. The van der Waals surface area contributed by atoms with E-state index >= 15 is 4.39 Å². The van der Waals surface area contributed by atoms with Gasteiger partial charge in [0.05, 0.1) is 11.2 Å². The predicted molar refractivity (Wildman–Crippen MR) is 134 cm³/mol. The van der Waals surface area contributed by atoms with Crippen molar-refractivity contribution in [3.05, 3.63) is 80.3 Å². The van der Waals surface area contributed by atoms with Gasteiger partial charge in [0.2, 0.25) is 0 Å². The Morgan fingerprint density at radius 2 is 2.11 bits per heavy atom. The average Bonchev–Trinajstić information content (AvgIpc) is 3.69. The number of pyridine rings is 1. The first kappa shape index (κ1) is 23.1. The van der Waals surface area contributed by atoms with Crippen molar-refractivity contribution >= 4 is 28.6 Å². The molecule has 0 radical (unpaired) electrons. The second-order valence-electron chi connectivity index (χ2n) is 9.30. The molecule has 1 aliphatic carbocycles. The molecule has 3 aromatic rings. The summed E-state index contributed by atoms with van der Waals surface area (Å²) in [7, 11) is 0. The molecular formula is C27H28FN5O2. The zero-order chi connectivity index (χ0) is 24.7. The molecule has 35 heavy (non-hydrogen) atoms. The van der Waals surface area contributed by atoms with Crippen LogP contribution in [0.2, 0.25) is 0 Å². The highest BCUT2D eigenvalue weighted by atomic mass is 19.1. The molecule has 1 amide bonds. The number of nitrogens with one attached hydrogen (secondary N) is 1. The van der Waals surface area contributed by atoms with Crippen molar-refractivity contribution in [1.82, 2.24) is 19.9 Å². The van der Waals surface area contributed by atoms with Gasteiger partial charge in [-0.25, -0.2) is 14.4 Å². The number of carbonyl (C=O) groups is 1. The number of nitrogens with two attached hydrogens (primary N) is 1. The van der Waals surface area contributed by atoms with Crippen LogP contribution in [0, 0.1) is 12.7 Å². The molecule has 2 aromatic heterocycles. The van der Waals surface area contributed by atoms with E-state index in [1.807, 2.05) is 31.2 Å². The predicted octanol–water partition coefficient (Wildman–Crippen LogP) is 4.06. The van der Waals surface area contributed by atoms with Gasteiger partial charge in [-0.05, 0) is 56.4 Å². The van der Waals surface area contributed by atoms with Gasteiger partial charge in [-0.1, -0.05) is 24.3 Å². The Morgan fingerprint density at radius 3 is 2.77 bits per heavy atom. The largest absolute Gasteiger partial charge is 0.364 e. The third-order valence-corrected chi connectivity index (χ3v) is 6.71. The minimum atomic E-state index is -0.511. The number of hydrogen-bond acceptors (Lipinski definition) is 5. The fourth-order valence-corrected chi connectivity index (χ4v) is 4.70. The van der Waals surface area contributed by atoms with E-state index in [9.17, 15) is 9.59 Å². The van der Waals surface area contributed by atoms with Crippen molar-refractivity contribution in [3.63, 3.8) is 0 Å². The highest BCUT2D eigenvalue weighted by Gasteiger charge is 2.30. The number of carbonyl (C=O) groups excluding carboxylic acids is 1. The van der Waals surface area contributed by atoms with E-state index in [2.05, 4.69) is 25.9 Å². The molecule has 1 saturated carbocycles. The van der Waals surface area contributed by atoms with Crippen LogP contribution in [-0.2, 0) is 6.54 Å². The van der Waals surface area contributed by atoms with E-state index in [1.54, 1.807) is 13.0 Å². The van der Waals surface area contributed by atoms with Crippen LogP contribution in [0.15, 0.2) is 35.1 Å². The first-order chi connectivity index (χ1) is 16.9.